The number of aliphatic hydroxyl groups excluding tert-OH is 1. The number of carboxylic acids is 1. The maximum Gasteiger partial charge on any atom is 0.332 e. The molecule has 0 unspecified atom stereocenters. The van der Waals surface area contributed by atoms with E-state index in [-0.39, 0.29) is 0 Å². The molecule has 60 valence electrons. The van der Waals surface area contributed by atoms with Gasteiger partial charge in [0, 0.05) is 0 Å². The number of carboxylic acid groups (broad SMARTS) is 1. The summed E-state index contributed by atoms with van der Waals surface area (Å²) < 4.78 is 0. The van der Waals surface area contributed by atoms with Crippen molar-refractivity contribution in [1.29, 1.82) is 0 Å². The van der Waals surface area contributed by atoms with Crippen LogP contribution in [0.15, 0.2) is 0 Å². The number of hydrogen-bond acceptors (Lipinski definition) is 2. The Bertz CT molecular complexity index is 109. The molecule has 0 spiro atoms. The molecule has 0 fully saturated rings. The van der Waals surface area contributed by atoms with E-state index < -0.39 is 12.1 Å². The molecule has 0 saturated carbocycles. The first-order valence-corrected chi connectivity index (χ1v) is 3.45. The molecule has 0 aliphatic carbocycles. The highest BCUT2D eigenvalue weighted by molar-refractivity contribution is 5.71. The second kappa shape index (κ2) is 4.28. The fourth-order valence-electron chi connectivity index (χ4n) is 0.615. The molecule has 0 amide bonds. The number of rotatable bonds is 4. The van der Waals surface area contributed by atoms with Crippen LogP contribution in [0.2, 0.25) is 0 Å². The molecule has 0 aromatic heterocycles. The van der Waals surface area contributed by atoms with Gasteiger partial charge >= 0.3 is 5.97 Å². The van der Waals surface area contributed by atoms with E-state index in [1.165, 1.54) is 0 Å². The summed E-state index contributed by atoms with van der Waals surface area (Å²) in [6, 6.07) is 0. The first kappa shape index (κ1) is 9.43. The van der Waals surface area contributed by atoms with Crippen LogP contribution in [0.3, 0.4) is 0 Å². The molecule has 0 aliphatic heterocycles. The SMILES string of the molecule is CC(C)CC[C@H](O)C(=O)O. The smallest absolute Gasteiger partial charge is 0.332 e. The van der Waals surface area contributed by atoms with E-state index in [1.54, 1.807) is 0 Å². The van der Waals surface area contributed by atoms with Gasteiger partial charge in [0.05, 0.1) is 0 Å². The highest BCUT2D eigenvalue weighted by Gasteiger charge is 2.12. The van der Waals surface area contributed by atoms with Crippen LogP contribution in [0, 0.1) is 5.92 Å². The molecule has 0 radical (unpaired) electrons. The average molecular weight is 146 g/mol. The van der Waals surface area contributed by atoms with Crippen LogP contribution in [0.1, 0.15) is 26.7 Å². The van der Waals surface area contributed by atoms with Crippen LogP contribution in [-0.2, 0) is 4.79 Å². The molecule has 0 saturated heterocycles. The van der Waals surface area contributed by atoms with Gasteiger partial charge in [-0.1, -0.05) is 13.8 Å². The Morgan fingerprint density at radius 1 is 1.40 bits per heavy atom. The molecule has 10 heavy (non-hydrogen) atoms. The maximum atomic E-state index is 10.1. The Hall–Kier alpha value is -0.570. The Kier molecular flexibility index (Phi) is 4.03. The van der Waals surface area contributed by atoms with E-state index in [2.05, 4.69) is 0 Å². The van der Waals surface area contributed by atoms with E-state index in [0.717, 1.165) is 6.42 Å². The number of carbonyl (C=O) groups is 1. The van der Waals surface area contributed by atoms with Gasteiger partial charge in [-0.15, -0.1) is 0 Å². The summed E-state index contributed by atoms with van der Waals surface area (Å²) in [5.41, 5.74) is 0. The van der Waals surface area contributed by atoms with Crippen molar-refractivity contribution in [3.05, 3.63) is 0 Å². The first-order valence-electron chi connectivity index (χ1n) is 3.45. The summed E-state index contributed by atoms with van der Waals surface area (Å²) in [5, 5.41) is 17.0. The first-order chi connectivity index (χ1) is 4.54. The van der Waals surface area contributed by atoms with Gasteiger partial charge in [0.25, 0.3) is 0 Å². The van der Waals surface area contributed by atoms with Gasteiger partial charge < -0.3 is 10.2 Å². The second-order valence-corrected chi connectivity index (χ2v) is 2.83. The van der Waals surface area contributed by atoms with Gasteiger partial charge in [0.2, 0.25) is 0 Å². The van der Waals surface area contributed by atoms with Crippen molar-refractivity contribution in [3.8, 4) is 0 Å². The summed E-state index contributed by atoms with van der Waals surface area (Å²) in [6.07, 6.45) is -0.0668. The van der Waals surface area contributed by atoms with Crippen molar-refractivity contribution in [2.45, 2.75) is 32.8 Å². The molecule has 0 aromatic carbocycles. The fraction of sp³-hybridized carbons (Fsp3) is 0.857. The van der Waals surface area contributed by atoms with Crippen LogP contribution in [0.5, 0.6) is 0 Å². The Balaban J connectivity index is 3.40. The van der Waals surface area contributed by atoms with Crippen molar-refractivity contribution in [3.63, 3.8) is 0 Å². The normalized spacial score (nSPS) is 13.6. The largest absolute Gasteiger partial charge is 0.479 e. The fourth-order valence-corrected chi connectivity index (χ4v) is 0.615. The minimum Gasteiger partial charge on any atom is -0.479 e. The average Bonchev–Trinajstić information content (AvgIpc) is 1.82. The van der Waals surface area contributed by atoms with Gasteiger partial charge in [-0.25, -0.2) is 4.79 Å². The van der Waals surface area contributed by atoms with E-state index in [0.29, 0.717) is 12.3 Å². The van der Waals surface area contributed by atoms with Crippen LogP contribution in [-0.4, -0.2) is 22.3 Å². The van der Waals surface area contributed by atoms with E-state index in [1.807, 2.05) is 13.8 Å². The monoisotopic (exact) mass is 146 g/mol. The van der Waals surface area contributed by atoms with Crippen molar-refractivity contribution in [1.82, 2.24) is 0 Å². The number of aliphatic carboxylic acids is 1. The van der Waals surface area contributed by atoms with Crippen molar-refractivity contribution in [2.75, 3.05) is 0 Å². The van der Waals surface area contributed by atoms with Crippen LogP contribution in [0.4, 0.5) is 0 Å². The lowest BCUT2D eigenvalue weighted by Crippen LogP contribution is -2.19. The predicted octanol–water partition coefficient (Wildman–Crippen LogP) is 0.868. The lowest BCUT2D eigenvalue weighted by Gasteiger charge is -2.06. The third-order valence-corrected chi connectivity index (χ3v) is 1.30. The van der Waals surface area contributed by atoms with Gasteiger partial charge in [-0.2, -0.15) is 0 Å². The van der Waals surface area contributed by atoms with Gasteiger partial charge in [-0.3, -0.25) is 0 Å². The molecular weight excluding hydrogens is 132 g/mol. The van der Waals surface area contributed by atoms with Crippen molar-refractivity contribution >= 4 is 5.97 Å². The number of hydrogen-bond donors (Lipinski definition) is 2. The molecule has 0 bridgehead atoms. The standard InChI is InChI=1S/C7H14O3/c1-5(2)3-4-6(8)7(9)10/h5-6,8H,3-4H2,1-2H3,(H,9,10)/t6-/m0/s1. The Morgan fingerprint density at radius 3 is 2.20 bits per heavy atom. The molecule has 3 nitrogen and oxygen atoms in total. The topological polar surface area (TPSA) is 57.5 Å². The molecule has 0 aromatic rings. The van der Waals surface area contributed by atoms with Crippen LogP contribution < -0.4 is 0 Å². The van der Waals surface area contributed by atoms with Crippen LogP contribution >= 0.6 is 0 Å². The lowest BCUT2D eigenvalue weighted by atomic mass is 10.1. The number of aliphatic hydroxyl groups is 1. The zero-order valence-corrected chi connectivity index (χ0v) is 6.37. The van der Waals surface area contributed by atoms with Gasteiger partial charge in [0.15, 0.2) is 6.10 Å². The minimum absolute atomic E-state index is 0.354. The van der Waals surface area contributed by atoms with E-state index in [4.69, 9.17) is 10.2 Å². The molecule has 1 atom stereocenters. The lowest BCUT2D eigenvalue weighted by molar-refractivity contribution is -0.147. The molecule has 3 heteroatoms. The van der Waals surface area contributed by atoms with Gasteiger partial charge in [0.1, 0.15) is 0 Å². The molecule has 0 rings (SSSR count). The summed E-state index contributed by atoms with van der Waals surface area (Å²) in [7, 11) is 0. The molecular formula is C7H14O3. The maximum absolute atomic E-state index is 10.1. The third-order valence-electron chi connectivity index (χ3n) is 1.30. The molecule has 0 aliphatic rings. The van der Waals surface area contributed by atoms with Crippen LogP contribution in [0.25, 0.3) is 0 Å². The van der Waals surface area contributed by atoms with E-state index in [9.17, 15) is 4.79 Å². The summed E-state index contributed by atoms with van der Waals surface area (Å²) >= 11 is 0. The quantitative estimate of drug-likeness (QED) is 0.618. The Labute approximate surface area is 60.7 Å². The predicted molar refractivity (Wildman–Crippen MR) is 37.7 cm³/mol. The highest BCUT2D eigenvalue weighted by Crippen LogP contribution is 2.06. The third kappa shape index (κ3) is 4.32. The van der Waals surface area contributed by atoms with Crippen molar-refractivity contribution in [2.24, 2.45) is 5.92 Å². The highest BCUT2D eigenvalue weighted by atomic mass is 16.4. The zero-order chi connectivity index (χ0) is 8.15. The molecule has 0 heterocycles. The summed E-state index contributed by atoms with van der Waals surface area (Å²) in [4.78, 5) is 10.1. The molecule has 2 N–H and O–H groups in total. The Morgan fingerprint density at radius 2 is 1.90 bits per heavy atom. The van der Waals surface area contributed by atoms with Crippen molar-refractivity contribution < 1.29 is 15.0 Å². The second-order valence-electron chi connectivity index (χ2n) is 2.83. The summed E-state index contributed by atoms with van der Waals surface area (Å²) in [6.45, 7) is 3.99. The summed E-state index contributed by atoms with van der Waals surface area (Å²) in [5.74, 6) is -0.672. The minimum atomic E-state index is -1.18. The van der Waals surface area contributed by atoms with E-state index >= 15 is 0 Å². The zero-order valence-electron chi connectivity index (χ0n) is 6.37. The van der Waals surface area contributed by atoms with Gasteiger partial charge in [-0.05, 0) is 18.8 Å².